The molecular formula is C28H24Cl2N2O5. The van der Waals surface area contributed by atoms with Crippen molar-refractivity contribution in [3.8, 4) is 11.5 Å². The van der Waals surface area contributed by atoms with E-state index in [-0.39, 0.29) is 12.2 Å². The van der Waals surface area contributed by atoms with Crippen LogP contribution < -0.4 is 19.7 Å². The predicted molar refractivity (Wildman–Crippen MR) is 143 cm³/mol. The van der Waals surface area contributed by atoms with Gasteiger partial charge in [-0.2, -0.15) is 0 Å². The number of hydrogen-bond donors (Lipinski definition) is 1. The Labute approximate surface area is 224 Å². The van der Waals surface area contributed by atoms with Gasteiger partial charge in [0.15, 0.2) is 11.5 Å². The minimum atomic E-state index is -0.790. The largest absolute Gasteiger partial charge is 0.490 e. The molecule has 0 aromatic heterocycles. The first-order valence-corrected chi connectivity index (χ1v) is 12.3. The number of carbonyl (C=O) groups excluding carboxylic acids is 3. The van der Waals surface area contributed by atoms with Crippen LogP contribution in [0.4, 0.5) is 10.5 Å². The number of aryl methyl sites for hydroxylation is 1. The average Bonchev–Trinajstić information content (AvgIpc) is 2.86. The van der Waals surface area contributed by atoms with Gasteiger partial charge in [-0.1, -0.05) is 47.5 Å². The third-order valence-corrected chi connectivity index (χ3v) is 6.61. The molecule has 0 spiro atoms. The molecule has 1 saturated heterocycles. The third kappa shape index (κ3) is 5.63. The highest BCUT2D eigenvalue weighted by Gasteiger charge is 2.37. The number of barbiturate groups is 1. The van der Waals surface area contributed by atoms with Crippen molar-refractivity contribution in [2.75, 3.05) is 11.5 Å². The molecule has 3 aromatic carbocycles. The van der Waals surface area contributed by atoms with Crippen LogP contribution in [0.5, 0.6) is 11.5 Å². The molecule has 0 aliphatic carbocycles. The molecule has 0 atom stereocenters. The van der Waals surface area contributed by atoms with Crippen LogP contribution >= 0.6 is 23.2 Å². The zero-order valence-corrected chi connectivity index (χ0v) is 21.9. The van der Waals surface area contributed by atoms with Gasteiger partial charge in [0.25, 0.3) is 11.8 Å². The number of ether oxygens (including phenoxy) is 2. The summed E-state index contributed by atoms with van der Waals surface area (Å²) in [5.74, 6) is -0.570. The Morgan fingerprint density at radius 2 is 1.70 bits per heavy atom. The Kier molecular flexibility index (Phi) is 7.86. The molecule has 4 rings (SSSR count). The summed E-state index contributed by atoms with van der Waals surface area (Å²) >= 11 is 12.1. The Morgan fingerprint density at radius 3 is 2.43 bits per heavy atom. The number of rotatable bonds is 7. The van der Waals surface area contributed by atoms with Crippen LogP contribution in [0.15, 0.2) is 60.2 Å². The molecule has 190 valence electrons. The van der Waals surface area contributed by atoms with E-state index in [0.29, 0.717) is 39.4 Å². The molecule has 0 bridgehead atoms. The number of nitrogens with zero attached hydrogens (tertiary/aromatic N) is 1. The number of nitrogens with one attached hydrogen (secondary N) is 1. The van der Waals surface area contributed by atoms with Crippen molar-refractivity contribution >= 4 is 52.8 Å². The van der Waals surface area contributed by atoms with Gasteiger partial charge in [-0.3, -0.25) is 14.9 Å². The summed E-state index contributed by atoms with van der Waals surface area (Å²) in [5, 5.41) is 3.14. The zero-order chi connectivity index (χ0) is 26.7. The standard InChI is InChI=1S/C28H24Cl2N2O5/c1-4-36-25-14-18(9-11-24(25)37-15-19-8-10-21(29)22(30)13-19)12-20-26(33)31-28(35)32(27(20)34)23-7-5-6-16(2)17(23)3/h5-14H,4,15H2,1-3H3,(H,31,33,35)/b20-12+. The SMILES string of the molecule is CCOc1cc(/C=C2\C(=O)NC(=O)N(c3cccc(C)c3C)C2=O)ccc1OCc1ccc(Cl)c(Cl)c1. The highest BCUT2D eigenvalue weighted by molar-refractivity contribution is 6.42. The fraction of sp³-hybridized carbons (Fsp3) is 0.179. The molecule has 0 saturated carbocycles. The van der Waals surface area contributed by atoms with Gasteiger partial charge in [0.1, 0.15) is 12.2 Å². The number of imide groups is 2. The number of carbonyl (C=O) groups is 3. The molecule has 1 fully saturated rings. The van der Waals surface area contributed by atoms with Gasteiger partial charge in [-0.15, -0.1) is 0 Å². The van der Waals surface area contributed by atoms with Crippen LogP contribution in [0.1, 0.15) is 29.2 Å². The lowest BCUT2D eigenvalue weighted by Gasteiger charge is -2.28. The van der Waals surface area contributed by atoms with Gasteiger partial charge in [0, 0.05) is 0 Å². The van der Waals surface area contributed by atoms with E-state index in [1.165, 1.54) is 6.08 Å². The Morgan fingerprint density at radius 1 is 0.919 bits per heavy atom. The fourth-order valence-electron chi connectivity index (χ4n) is 3.81. The summed E-state index contributed by atoms with van der Waals surface area (Å²) in [6, 6.07) is 14.8. The maximum absolute atomic E-state index is 13.3. The van der Waals surface area contributed by atoms with Crippen molar-refractivity contribution in [3.05, 3.63) is 92.5 Å². The van der Waals surface area contributed by atoms with Crippen molar-refractivity contribution in [2.45, 2.75) is 27.4 Å². The van der Waals surface area contributed by atoms with E-state index >= 15 is 0 Å². The third-order valence-electron chi connectivity index (χ3n) is 5.88. The number of halogens is 2. The fourth-order valence-corrected chi connectivity index (χ4v) is 4.13. The van der Waals surface area contributed by atoms with E-state index in [0.717, 1.165) is 21.6 Å². The lowest BCUT2D eigenvalue weighted by Crippen LogP contribution is -2.54. The van der Waals surface area contributed by atoms with Gasteiger partial charge in [0.05, 0.1) is 22.3 Å². The molecule has 0 radical (unpaired) electrons. The van der Waals surface area contributed by atoms with Crippen LogP contribution in [0, 0.1) is 13.8 Å². The minimum absolute atomic E-state index is 0.174. The maximum Gasteiger partial charge on any atom is 0.335 e. The van der Waals surface area contributed by atoms with E-state index in [1.807, 2.05) is 32.9 Å². The molecule has 4 amide bonds. The molecule has 7 nitrogen and oxygen atoms in total. The van der Waals surface area contributed by atoms with Crippen LogP contribution in [-0.2, 0) is 16.2 Å². The Balaban J connectivity index is 1.63. The summed E-state index contributed by atoms with van der Waals surface area (Å²) in [5.41, 5.74) is 3.28. The van der Waals surface area contributed by atoms with E-state index in [9.17, 15) is 14.4 Å². The maximum atomic E-state index is 13.3. The lowest BCUT2D eigenvalue weighted by atomic mass is 10.0. The van der Waals surface area contributed by atoms with Crippen molar-refractivity contribution in [3.63, 3.8) is 0 Å². The number of urea groups is 1. The first-order valence-electron chi connectivity index (χ1n) is 11.5. The van der Waals surface area contributed by atoms with Crippen molar-refractivity contribution in [1.29, 1.82) is 0 Å². The zero-order valence-electron chi connectivity index (χ0n) is 20.4. The monoisotopic (exact) mass is 538 g/mol. The quantitative estimate of drug-likeness (QED) is 0.283. The normalized spacial score (nSPS) is 14.7. The van der Waals surface area contributed by atoms with Crippen molar-refractivity contribution < 1.29 is 23.9 Å². The Hall–Kier alpha value is -3.81. The summed E-state index contributed by atoms with van der Waals surface area (Å²) < 4.78 is 11.7. The average molecular weight is 539 g/mol. The molecule has 1 heterocycles. The molecule has 1 aliphatic rings. The number of anilines is 1. The highest BCUT2D eigenvalue weighted by atomic mass is 35.5. The van der Waals surface area contributed by atoms with Crippen molar-refractivity contribution in [1.82, 2.24) is 5.32 Å². The number of hydrogen-bond acceptors (Lipinski definition) is 5. The number of benzene rings is 3. The molecule has 3 aromatic rings. The van der Waals surface area contributed by atoms with Crippen LogP contribution in [0.3, 0.4) is 0 Å². The van der Waals surface area contributed by atoms with E-state index in [2.05, 4.69) is 5.32 Å². The second kappa shape index (κ2) is 11.1. The lowest BCUT2D eigenvalue weighted by molar-refractivity contribution is -0.122. The van der Waals surface area contributed by atoms with Crippen LogP contribution in [-0.4, -0.2) is 24.5 Å². The summed E-state index contributed by atoms with van der Waals surface area (Å²) in [6.07, 6.45) is 1.42. The first-order chi connectivity index (χ1) is 17.7. The number of amides is 4. The van der Waals surface area contributed by atoms with Crippen molar-refractivity contribution in [2.24, 2.45) is 0 Å². The molecule has 9 heteroatoms. The summed E-state index contributed by atoms with van der Waals surface area (Å²) in [6.45, 7) is 6.13. The highest BCUT2D eigenvalue weighted by Crippen LogP contribution is 2.32. The van der Waals surface area contributed by atoms with E-state index in [1.54, 1.807) is 42.5 Å². The predicted octanol–water partition coefficient (Wildman–Crippen LogP) is 6.25. The molecule has 37 heavy (non-hydrogen) atoms. The second-order valence-corrected chi connectivity index (χ2v) is 9.17. The van der Waals surface area contributed by atoms with Gasteiger partial charge in [0.2, 0.25) is 0 Å². The van der Waals surface area contributed by atoms with Gasteiger partial charge < -0.3 is 9.47 Å². The smallest absolute Gasteiger partial charge is 0.335 e. The molecule has 0 unspecified atom stereocenters. The van der Waals surface area contributed by atoms with Gasteiger partial charge in [-0.25, -0.2) is 9.69 Å². The molecule has 1 N–H and O–H groups in total. The minimum Gasteiger partial charge on any atom is -0.490 e. The van der Waals surface area contributed by atoms with Crippen LogP contribution in [0.2, 0.25) is 10.0 Å². The summed E-state index contributed by atoms with van der Waals surface area (Å²) in [4.78, 5) is 39.5. The van der Waals surface area contributed by atoms with Crippen LogP contribution in [0.25, 0.3) is 6.08 Å². The molecule has 1 aliphatic heterocycles. The van der Waals surface area contributed by atoms with E-state index < -0.39 is 17.8 Å². The van der Waals surface area contributed by atoms with E-state index in [4.69, 9.17) is 32.7 Å². The van der Waals surface area contributed by atoms with Gasteiger partial charge in [-0.05, 0) is 79.4 Å². The summed E-state index contributed by atoms with van der Waals surface area (Å²) in [7, 11) is 0. The topological polar surface area (TPSA) is 84.9 Å². The van der Waals surface area contributed by atoms with Gasteiger partial charge >= 0.3 is 6.03 Å². The molecular weight excluding hydrogens is 515 g/mol. The second-order valence-electron chi connectivity index (χ2n) is 8.35. The first kappa shape index (κ1) is 26.3. The Bertz CT molecular complexity index is 1430.